The summed E-state index contributed by atoms with van der Waals surface area (Å²) < 4.78 is 11.3. The van der Waals surface area contributed by atoms with Gasteiger partial charge in [0.05, 0.1) is 12.1 Å². The number of nitrogens with one attached hydrogen (secondary N) is 4. The van der Waals surface area contributed by atoms with Crippen LogP contribution in [0.3, 0.4) is 0 Å². The number of likely N-dealkylation sites (N-methyl/N-ethyl adjacent to an activating group) is 2. The lowest BCUT2D eigenvalue weighted by molar-refractivity contribution is -0.145. The van der Waals surface area contributed by atoms with Crippen molar-refractivity contribution >= 4 is 23.3 Å². The van der Waals surface area contributed by atoms with Crippen LogP contribution < -0.4 is 21.3 Å². The van der Waals surface area contributed by atoms with Gasteiger partial charge in [0.1, 0.15) is 0 Å². The number of carbonyl (C=O) groups is 2. The molecule has 2 aliphatic rings. The van der Waals surface area contributed by atoms with E-state index in [1.54, 1.807) is 0 Å². The van der Waals surface area contributed by atoms with Gasteiger partial charge < -0.3 is 30.7 Å². The first-order chi connectivity index (χ1) is 16.6. The summed E-state index contributed by atoms with van der Waals surface area (Å²) in [5, 5.41) is 13.0. The van der Waals surface area contributed by atoms with E-state index in [2.05, 4.69) is 33.4 Å². The largest absolute Gasteiger partial charge is 0.437 e. The second kappa shape index (κ2) is 11.2. The predicted octanol–water partition coefficient (Wildman–Crippen LogP) is 2.57. The zero-order chi connectivity index (χ0) is 23.9. The van der Waals surface area contributed by atoms with Gasteiger partial charge in [0.15, 0.2) is 12.5 Å². The molecule has 2 aromatic rings. The van der Waals surface area contributed by atoms with Gasteiger partial charge in [0.25, 0.3) is 0 Å². The maximum absolute atomic E-state index is 12.5. The molecule has 0 aliphatic carbocycles. The van der Waals surface area contributed by atoms with E-state index in [1.165, 1.54) is 11.1 Å². The van der Waals surface area contributed by atoms with Crippen molar-refractivity contribution in [3.05, 3.63) is 71.8 Å². The lowest BCUT2D eigenvalue weighted by Gasteiger charge is -2.26. The van der Waals surface area contributed by atoms with Crippen molar-refractivity contribution in [1.29, 1.82) is 0 Å². The van der Waals surface area contributed by atoms with Gasteiger partial charge in [-0.3, -0.25) is 0 Å². The molecule has 8 heteroatoms. The predicted molar refractivity (Wildman–Crippen MR) is 131 cm³/mol. The molecule has 4 N–H and O–H groups in total. The molecule has 2 aromatic carbocycles. The van der Waals surface area contributed by atoms with Crippen LogP contribution in [0.2, 0.25) is 0 Å². The van der Waals surface area contributed by atoms with E-state index in [0.717, 1.165) is 49.2 Å². The number of benzene rings is 2. The molecule has 8 nitrogen and oxygen atoms in total. The molecule has 34 heavy (non-hydrogen) atoms. The molecule has 2 heterocycles. The lowest BCUT2D eigenvalue weighted by atomic mass is 10.1. The number of aryl methyl sites for hydroxylation is 2. The summed E-state index contributed by atoms with van der Waals surface area (Å²) in [6.45, 7) is 0. The third-order valence-corrected chi connectivity index (χ3v) is 6.39. The molecule has 0 saturated heterocycles. The van der Waals surface area contributed by atoms with Crippen molar-refractivity contribution in [1.82, 2.24) is 10.6 Å². The van der Waals surface area contributed by atoms with Crippen molar-refractivity contribution in [2.75, 3.05) is 24.7 Å². The van der Waals surface area contributed by atoms with Gasteiger partial charge >= 0.3 is 11.9 Å². The van der Waals surface area contributed by atoms with Crippen molar-refractivity contribution in [2.45, 2.75) is 50.2 Å². The van der Waals surface area contributed by atoms with Gasteiger partial charge in [-0.1, -0.05) is 36.4 Å². The van der Waals surface area contributed by atoms with E-state index >= 15 is 0 Å². The Kier molecular flexibility index (Phi) is 7.82. The van der Waals surface area contributed by atoms with Crippen molar-refractivity contribution in [3.63, 3.8) is 0 Å². The number of esters is 2. The van der Waals surface area contributed by atoms with Crippen LogP contribution in [0.4, 0.5) is 11.4 Å². The van der Waals surface area contributed by atoms with Crippen LogP contribution in [-0.2, 0) is 31.9 Å². The first-order valence-corrected chi connectivity index (χ1v) is 11.7. The highest BCUT2D eigenvalue weighted by molar-refractivity contribution is 5.92. The molecule has 0 spiro atoms. The molecule has 2 aliphatic heterocycles. The Morgan fingerprint density at radius 3 is 1.59 bits per heavy atom. The van der Waals surface area contributed by atoms with Gasteiger partial charge in [0.2, 0.25) is 0 Å². The minimum atomic E-state index is -0.613. The van der Waals surface area contributed by atoms with Crippen molar-refractivity contribution in [2.24, 2.45) is 0 Å². The molecule has 4 rings (SSSR count). The number of ether oxygens (including phenoxy) is 2. The number of fused-ring (bicyclic) bond motifs is 2. The van der Waals surface area contributed by atoms with Crippen molar-refractivity contribution < 1.29 is 19.1 Å². The normalized spacial score (nSPS) is 23.9. The van der Waals surface area contributed by atoms with Gasteiger partial charge in [-0.05, 0) is 63.0 Å². The topological polar surface area (TPSA) is 101 Å². The number of para-hydroxylation sites is 2. The number of anilines is 2. The van der Waals surface area contributed by atoms with Crippen LogP contribution in [0.15, 0.2) is 60.7 Å². The second-order valence-electron chi connectivity index (χ2n) is 8.52. The standard InChI is InChI=1S/C26H32N4O4/c1-27-21-13-11-17-7-3-5-9-19(17)29-25(21)33-23(31)15-16-24(32)34-26-22(28-2)14-12-18-8-4-6-10-20(18)30-26/h3-10,15-16,21-22,25-30H,11-14H2,1-2H3/b16-15+. The molecule has 0 saturated carbocycles. The average Bonchev–Trinajstić information content (AvgIpc) is 3.13. The molecule has 0 amide bonds. The average molecular weight is 465 g/mol. The van der Waals surface area contributed by atoms with E-state index in [4.69, 9.17) is 9.47 Å². The van der Waals surface area contributed by atoms with Gasteiger partial charge in [-0.2, -0.15) is 0 Å². The number of hydrogen-bond acceptors (Lipinski definition) is 8. The van der Waals surface area contributed by atoms with Crippen molar-refractivity contribution in [3.8, 4) is 0 Å². The number of hydrogen-bond donors (Lipinski definition) is 4. The molecule has 4 atom stereocenters. The quantitative estimate of drug-likeness (QED) is 0.382. The summed E-state index contributed by atoms with van der Waals surface area (Å²) in [6, 6.07) is 15.8. The lowest BCUT2D eigenvalue weighted by Crippen LogP contribution is -2.44. The highest BCUT2D eigenvalue weighted by Gasteiger charge is 2.28. The highest BCUT2D eigenvalue weighted by atomic mass is 16.6. The highest BCUT2D eigenvalue weighted by Crippen LogP contribution is 2.25. The summed E-state index contributed by atoms with van der Waals surface area (Å²) >= 11 is 0. The van der Waals surface area contributed by atoms with E-state index in [0.29, 0.717) is 0 Å². The van der Waals surface area contributed by atoms with Crippen LogP contribution in [0.25, 0.3) is 0 Å². The third-order valence-electron chi connectivity index (χ3n) is 6.39. The molecule has 0 fully saturated rings. The molecule has 0 aromatic heterocycles. The van der Waals surface area contributed by atoms with E-state index in [1.807, 2.05) is 50.5 Å². The first kappa shape index (κ1) is 23.8. The molecule has 4 unspecified atom stereocenters. The Morgan fingerprint density at radius 2 is 1.18 bits per heavy atom. The minimum absolute atomic E-state index is 0.0663. The monoisotopic (exact) mass is 464 g/mol. The zero-order valence-electron chi connectivity index (χ0n) is 19.5. The van der Waals surface area contributed by atoms with E-state index in [9.17, 15) is 9.59 Å². The smallest absolute Gasteiger partial charge is 0.332 e. The van der Waals surface area contributed by atoms with Crippen LogP contribution in [0.5, 0.6) is 0 Å². The number of rotatable bonds is 6. The first-order valence-electron chi connectivity index (χ1n) is 11.7. The Morgan fingerprint density at radius 1 is 0.765 bits per heavy atom. The molecule has 180 valence electrons. The second-order valence-corrected chi connectivity index (χ2v) is 8.52. The molecule has 0 bridgehead atoms. The van der Waals surface area contributed by atoms with Gasteiger partial charge in [-0.25, -0.2) is 9.59 Å². The molecule has 0 radical (unpaired) electrons. The number of carbonyl (C=O) groups excluding carboxylic acids is 2. The molecular formula is C26H32N4O4. The SMILES string of the molecule is CNC1CCc2ccccc2NC1OC(=O)/C=C/C(=O)OC1Nc2ccccc2CCC1NC. The van der Waals surface area contributed by atoms with E-state index in [-0.39, 0.29) is 12.1 Å². The Bertz CT molecular complexity index is 959. The maximum Gasteiger partial charge on any atom is 0.332 e. The Labute approximate surface area is 200 Å². The molecular weight excluding hydrogens is 432 g/mol. The summed E-state index contributed by atoms with van der Waals surface area (Å²) in [5.74, 6) is -1.23. The Balaban J connectivity index is 1.37. The van der Waals surface area contributed by atoms with E-state index < -0.39 is 24.4 Å². The third kappa shape index (κ3) is 5.76. The summed E-state index contributed by atoms with van der Waals surface area (Å²) in [7, 11) is 3.68. The summed E-state index contributed by atoms with van der Waals surface area (Å²) in [4.78, 5) is 25.0. The summed E-state index contributed by atoms with van der Waals surface area (Å²) in [5.41, 5.74) is 4.24. The Hall–Kier alpha value is -3.36. The van der Waals surface area contributed by atoms with Crippen LogP contribution >= 0.6 is 0 Å². The fourth-order valence-electron chi connectivity index (χ4n) is 4.47. The fraction of sp³-hybridized carbons (Fsp3) is 0.385. The summed E-state index contributed by atoms with van der Waals surface area (Å²) in [6.07, 6.45) is 4.48. The minimum Gasteiger partial charge on any atom is -0.437 e. The van der Waals surface area contributed by atoms with Gasteiger partial charge in [-0.15, -0.1) is 0 Å². The van der Waals surface area contributed by atoms with Crippen LogP contribution in [0, 0.1) is 0 Å². The van der Waals surface area contributed by atoms with Crippen LogP contribution in [-0.4, -0.2) is 50.6 Å². The maximum atomic E-state index is 12.5. The van der Waals surface area contributed by atoms with Crippen LogP contribution in [0.1, 0.15) is 24.0 Å². The van der Waals surface area contributed by atoms with Gasteiger partial charge in [0, 0.05) is 23.5 Å². The fourth-order valence-corrected chi connectivity index (χ4v) is 4.47. The zero-order valence-corrected chi connectivity index (χ0v) is 19.5.